The second-order valence-corrected chi connectivity index (χ2v) is 12.5. The molecule has 0 bridgehead atoms. The monoisotopic (exact) mass is 454 g/mol. The summed E-state index contributed by atoms with van der Waals surface area (Å²) < 4.78 is 34.7. The molecule has 4 rings (SSSR count). The highest BCUT2D eigenvalue weighted by Crippen LogP contribution is 2.61. The van der Waals surface area contributed by atoms with Gasteiger partial charge in [0.25, 0.3) is 0 Å². The summed E-state index contributed by atoms with van der Waals surface area (Å²) in [5, 5.41) is 0. The molecule has 0 amide bonds. The molecule has 168 valence electrons. The summed E-state index contributed by atoms with van der Waals surface area (Å²) in [5.74, 6) is 3.71. The van der Waals surface area contributed by atoms with Crippen molar-refractivity contribution in [3.63, 3.8) is 0 Å². The molecule has 2 unspecified atom stereocenters. The van der Waals surface area contributed by atoms with Crippen LogP contribution in [0, 0.1) is 29.4 Å². The van der Waals surface area contributed by atoms with Gasteiger partial charge in [0.15, 0.2) is 11.6 Å². The van der Waals surface area contributed by atoms with E-state index in [-0.39, 0.29) is 11.7 Å². The molecule has 1 heterocycles. The molecular formula is C25H36F2OS2. The molecule has 1 aromatic carbocycles. The highest BCUT2D eigenvalue weighted by Gasteiger charge is 2.50. The first-order valence-electron chi connectivity index (χ1n) is 12.0. The lowest BCUT2D eigenvalue weighted by molar-refractivity contribution is 0.151. The molecule has 3 aliphatic rings. The zero-order valence-corrected chi connectivity index (χ0v) is 20.1. The van der Waals surface area contributed by atoms with Crippen molar-refractivity contribution >= 4 is 23.5 Å². The van der Waals surface area contributed by atoms with Crippen LogP contribution in [-0.2, 0) is 0 Å². The lowest BCUT2D eigenvalue weighted by atomic mass is 9.67. The van der Waals surface area contributed by atoms with Gasteiger partial charge in [-0.1, -0.05) is 32.3 Å². The molecule has 3 fully saturated rings. The average Bonchev–Trinajstić information content (AvgIpc) is 3.21. The van der Waals surface area contributed by atoms with E-state index in [4.69, 9.17) is 4.74 Å². The Labute approximate surface area is 189 Å². The molecular weight excluding hydrogens is 418 g/mol. The summed E-state index contributed by atoms with van der Waals surface area (Å²) in [6, 6.07) is 3.37. The highest BCUT2D eigenvalue weighted by molar-refractivity contribution is 8.21. The molecule has 0 radical (unpaired) electrons. The minimum absolute atomic E-state index is 0.0356. The number of benzene rings is 1. The Bertz CT molecular complexity index is 711. The van der Waals surface area contributed by atoms with Gasteiger partial charge < -0.3 is 4.74 Å². The molecule has 0 N–H and O–H groups in total. The molecule has 1 saturated heterocycles. The van der Waals surface area contributed by atoms with Crippen LogP contribution in [0.4, 0.5) is 8.78 Å². The summed E-state index contributed by atoms with van der Waals surface area (Å²) in [5.41, 5.74) is 0.556. The van der Waals surface area contributed by atoms with Gasteiger partial charge >= 0.3 is 0 Å². The van der Waals surface area contributed by atoms with Gasteiger partial charge in [0, 0.05) is 11.5 Å². The number of hydrogen-bond donors (Lipinski definition) is 0. The SMILES string of the molecule is CCCC1CCC(C2CCC(c3ccc(OCC)c(F)c3F)CC2)C2(C1)SCCS2. The van der Waals surface area contributed by atoms with Crippen LogP contribution in [0.3, 0.4) is 0 Å². The minimum atomic E-state index is -0.816. The van der Waals surface area contributed by atoms with E-state index in [1.165, 1.54) is 43.6 Å². The Hall–Kier alpha value is -0.420. The van der Waals surface area contributed by atoms with Crippen LogP contribution < -0.4 is 4.74 Å². The van der Waals surface area contributed by atoms with E-state index in [2.05, 4.69) is 30.4 Å². The largest absolute Gasteiger partial charge is 0.491 e. The Morgan fingerprint density at radius 1 is 0.967 bits per heavy atom. The van der Waals surface area contributed by atoms with E-state index in [9.17, 15) is 8.78 Å². The van der Waals surface area contributed by atoms with Crippen molar-refractivity contribution in [1.29, 1.82) is 0 Å². The third kappa shape index (κ3) is 4.53. The molecule has 2 aliphatic carbocycles. The van der Waals surface area contributed by atoms with Gasteiger partial charge in [-0.05, 0) is 80.8 Å². The number of rotatable bonds is 6. The summed E-state index contributed by atoms with van der Waals surface area (Å²) in [7, 11) is 0. The van der Waals surface area contributed by atoms with Crippen molar-refractivity contribution in [2.45, 2.75) is 81.6 Å². The second-order valence-electron chi connectivity index (χ2n) is 9.38. The van der Waals surface area contributed by atoms with Crippen molar-refractivity contribution in [2.75, 3.05) is 18.1 Å². The molecule has 30 heavy (non-hydrogen) atoms. The Morgan fingerprint density at radius 3 is 2.37 bits per heavy atom. The maximum absolute atomic E-state index is 14.7. The van der Waals surface area contributed by atoms with E-state index in [0.29, 0.717) is 16.2 Å². The predicted molar refractivity (Wildman–Crippen MR) is 126 cm³/mol. The summed E-state index contributed by atoms with van der Waals surface area (Å²) in [4.78, 5) is 0. The fourth-order valence-corrected chi connectivity index (χ4v) is 10.3. The normalized spacial score (nSPS) is 31.2. The molecule has 5 heteroatoms. The maximum atomic E-state index is 14.7. The summed E-state index contributed by atoms with van der Waals surface area (Å²) in [6.45, 7) is 4.45. The van der Waals surface area contributed by atoms with E-state index in [0.717, 1.165) is 43.4 Å². The fraction of sp³-hybridized carbons (Fsp3) is 0.760. The quantitative estimate of drug-likeness (QED) is 0.430. The molecule has 2 saturated carbocycles. The summed E-state index contributed by atoms with van der Waals surface area (Å²) in [6.07, 6.45) is 11.1. The number of thioether (sulfide) groups is 2. The minimum Gasteiger partial charge on any atom is -0.491 e. The Balaban J connectivity index is 1.42. The zero-order chi connectivity index (χ0) is 21.1. The average molecular weight is 455 g/mol. The lowest BCUT2D eigenvalue weighted by Crippen LogP contribution is -2.41. The van der Waals surface area contributed by atoms with Crippen LogP contribution in [0.25, 0.3) is 0 Å². The smallest absolute Gasteiger partial charge is 0.200 e. The maximum Gasteiger partial charge on any atom is 0.200 e. The van der Waals surface area contributed by atoms with E-state index in [1.54, 1.807) is 19.1 Å². The van der Waals surface area contributed by atoms with Gasteiger partial charge in [0.2, 0.25) is 5.82 Å². The molecule has 1 aromatic rings. The zero-order valence-electron chi connectivity index (χ0n) is 18.4. The third-order valence-electron chi connectivity index (χ3n) is 7.65. The van der Waals surface area contributed by atoms with Gasteiger partial charge in [-0.15, -0.1) is 23.5 Å². The molecule has 0 aromatic heterocycles. The Morgan fingerprint density at radius 2 is 1.70 bits per heavy atom. The first kappa shape index (κ1) is 22.8. The topological polar surface area (TPSA) is 9.23 Å². The van der Waals surface area contributed by atoms with Gasteiger partial charge in [0.1, 0.15) is 0 Å². The van der Waals surface area contributed by atoms with Crippen LogP contribution in [-0.4, -0.2) is 22.2 Å². The highest BCUT2D eigenvalue weighted by atomic mass is 32.2. The number of ether oxygens (including phenoxy) is 1. The summed E-state index contributed by atoms with van der Waals surface area (Å²) >= 11 is 4.49. The van der Waals surface area contributed by atoms with Gasteiger partial charge in [-0.3, -0.25) is 0 Å². The molecule has 1 aliphatic heterocycles. The first-order chi connectivity index (χ1) is 14.6. The second kappa shape index (κ2) is 10.0. The van der Waals surface area contributed by atoms with Gasteiger partial charge in [-0.25, -0.2) is 4.39 Å². The van der Waals surface area contributed by atoms with Crippen LogP contribution in [0.5, 0.6) is 5.75 Å². The van der Waals surface area contributed by atoms with E-state index < -0.39 is 11.6 Å². The Kier molecular flexibility index (Phi) is 7.60. The van der Waals surface area contributed by atoms with Crippen molar-refractivity contribution in [3.8, 4) is 5.75 Å². The standard InChI is InChI=1S/C25H36F2OS2/c1-3-5-17-6-12-21(25(16-17)29-14-15-30-25)19-9-7-18(8-10-19)20-11-13-22(28-4-2)24(27)23(20)26/h11,13,17-19,21H,3-10,12,14-16H2,1-2H3. The van der Waals surface area contributed by atoms with Gasteiger partial charge in [0.05, 0.1) is 10.7 Å². The van der Waals surface area contributed by atoms with E-state index >= 15 is 0 Å². The first-order valence-corrected chi connectivity index (χ1v) is 13.9. The van der Waals surface area contributed by atoms with Crippen molar-refractivity contribution in [2.24, 2.45) is 17.8 Å². The molecule has 1 nitrogen and oxygen atoms in total. The van der Waals surface area contributed by atoms with Gasteiger partial charge in [-0.2, -0.15) is 4.39 Å². The van der Waals surface area contributed by atoms with Crippen LogP contribution >= 0.6 is 23.5 Å². The number of hydrogen-bond acceptors (Lipinski definition) is 3. The van der Waals surface area contributed by atoms with Crippen LogP contribution in [0.15, 0.2) is 12.1 Å². The van der Waals surface area contributed by atoms with Crippen LogP contribution in [0.2, 0.25) is 0 Å². The van der Waals surface area contributed by atoms with Crippen molar-refractivity contribution in [3.05, 3.63) is 29.3 Å². The third-order valence-corrected chi connectivity index (χ3v) is 11.4. The molecule has 1 spiro atoms. The van der Waals surface area contributed by atoms with E-state index in [1.807, 2.05) is 0 Å². The van der Waals surface area contributed by atoms with Crippen molar-refractivity contribution in [1.82, 2.24) is 0 Å². The number of halogens is 2. The lowest BCUT2D eigenvalue weighted by Gasteiger charge is -2.48. The fourth-order valence-electron chi connectivity index (χ4n) is 6.30. The molecule has 2 atom stereocenters. The van der Waals surface area contributed by atoms with Crippen LogP contribution in [0.1, 0.15) is 83.1 Å². The van der Waals surface area contributed by atoms with Crippen molar-refractivity contribution < 1.29 is 13.5 Å². The predicted octanol–water partition coefficient (Wildman–Crippen LogP) is 8.03.